The van der Waals surface area contributed by atoms with Gasteiger partial charge in [-0.25, -0.2) is 4.79 Å². The number of halogens is 4. The Balaban J connectivity index is 3.32. The molecule has 0 amide bonds. The van der Waals surface area contributed by atoms with Crippen molar-refractivity contribution in [1.29, 1.82) is 0 Å². The minimum Gasteiger partial charge on any atom is -0.462 e. The van der Waals surface area contributed by atoms with Gasteiger partial charge >= 0.3 is 23.9 Å². The zero-order valence-electron chi connectivity index (χ0n) is 9.73. The van der Waals surface area contributed by atoms with Crippen molar-refractivity contribution in [1.82, 2.24) is 4.98 Å². The molecule has 0 aliphatic heterocycles. The molecule has 0 aliphatic rings. The summed E-state index contributed by atoms with van der Waals surface area (Å²) in [6.07, 6.45) is -5.30. The summed E-state index contributed by atoms with van der Waals surface area (Å²) < 4.78 is 57.0. The molecule has 1 heterocycles. The van der Waals surface area contributed by atoms with E-state index in [0.29, 0.717) is 0 Å². The molecule has 0 aliphatic carbocycles. The van der Waals surface area contributed by atoms with E-state index in [2.05, 4.69) is 14.5 Å². The van der Waals surface area contributed by atoms with Gasteiger partial charge in [0.2, 0.25) is 5.95 Å². The summed E-state index contributed by atoms with van der Waals surface area (Å²) in [6.45, 7) is 1.23. The lowest BCUT2D eigenvalue weighted by Gasteiger charge is -2.09. The Morgan fingerprint density at radius 1 is 1.50 bits per heavy atom. The third kappa shape index (κ3) is 3.76. The molecule has 0 N–H and O–H groups in total. The van der Waals surface area contributed by atoms with Crippen LogP contribution in [0.15, 0.2) is 6.07 Å². The highest BCUT2D eigenvalue weighted by atomic mass is 19.4. The van der Waals surface area contributed by atoms with E-state index in [9.17, 15) is 32.5 Å². The standard InChI is InChI=1S/C9H6F4N2O5/c1-2-19-8(16)4-3-5(15(17)18)7(14-6(4)10)20-9(11,12)13/h3H,2H2,1H3. The Morgan fingerprint density at radius 2 is 2.10 bits per heavy atom. The fraction of sp³-hybridized carbons (Fsp3) is 0.333. The summed E-state index contributed by atoms with van der Waals surface area (Å²) in [6, 6.07) is 0.265. The highest BCUT2D eigenvalue weighted by molar-refractivity contribution is 5.90. The summed E-state index contributed by atoms with van der Waals surface area (Å²) >= 11 is 0. The predicted molar refractivity (Wildman–Crippen MR) is 53.5 cm³/mol. The number of hydrogen-bond acceptors (Lipinski definition) is 6. The smallest absolute Gasteiger partial charge is 0.462 e. The first-order valence-electron chi connectivity index (χ1n) is 4.93. The first-order chi connectivity index (χ1) is 9.15. The van der Waals surface area contributed by atoms with Gasteiger partial charge in [-0.15, -0.1) is 13.2 Å². The molecule has 0 unspecified atom stereocenters. The summed E-state index contributed by atoms with van der Waals surface area (Å²) in [5.74, 6) is -4.57. The number of nitrogens with zero attached hydrogens (tertiary/aromatic N) is 2. The van der Waals surface area contributed by atoms with Crippen LogP contribution < -0.4 is 4.74 Å². The molecule has 0 atom stereocenters. The molecule has 7 nitrogen and oxygen atoms in total. The van der Waals surface area contributed by atoms with Gasteiger partial charge < -0.3 is 9.47 Å². The molecule has 0 saturated heterocycles. The van der Waals surface area contributed by atoms with E-state index in [1.165, 1.54) is 6.92 Å². The average molecular weight is 298 g/mol. The SMILES string of the molecule is CCOC(=O)c1cc([N+](=O)[O-])c(OC(F)(F)F)nc1F. The van der Waals surface area contributed by atoms with Crippen molar-refractivity contribution in [3.8, 4) is 5.88 Å². The lowest BCUT2D eigenvalue weighted by molar-refractivity contribution is -0.389. The molecule has 1 rings (SSSR count). The number of alkyl halides is 3. The summed E-state index contributed by atoms with van der Waals surface area (Å²) in [5.41, 5.74) is -2.28. The maximum Gasteiger partial charge on any atom is 0.574 e. The van der Waals surface area contributed by atoms with Crippen LogP contribution >= 0.6 is 0 Å². The van der Waals surface area contributed by atoms with Crippen molar-refractivity contribution in [3.63, 3.8) is 0 Å². The van der Waals surface area contributed by atoms with E-state index in [1.807, 2.05) is 0 Å². The number of nitro groups is 1. The number of carbonyl (C=O) groups excluding carboxylic acids is 1. The number of rotatable bonds is 4. The molecule has 110 valence electrons. The zero-order chi connectivity index (χ0) is 15.5. The topological polar surface area (TPSA) is 91.6 Å². The van der Waals surface area contributed by atoms with Gasteiger partial charge in [0.15, 0.2) is 0 Å². The molecule has 1 aromatic rings. The number of aromatic nitrogens is 1. The summed E-state index contributed by atoms with van der Waals surface area (Å²) in [7, 11) is 0. The van der Waals surface area contributed by atoms with Crippen molar-refractivity contribution < 1.29 is 36.8 Å². The maximum atomic E-state index is 13.4. The Kier molecular flexibility index (Phi) is 4.42. The Labute approximate surface area is 108 Å². The summed E-state index contributed by atoms with van der Waals surface area (Å²) in [4.78, 5) is 23.2. The van der Waals surface area contributed by atoms with Gasteiger partial charge in [-0.1, -0.05) is 0 Å². The van der Waals surface area contributed by atoms with Crippen LogP contribution in [0.25, 0.3) is 0 Å². The second-order valence-corrected chi connectivity index (χ2v) is 3.18. The van der Waals surface area contributed by atoms with Crippen LogP contribution in [-0.2, 0) is 4.74 Å². The molecular formula is C9H6F4N2O5. The van der Waals surface area contributed by atoms with Crippen LogP contribution in [0, 0.1) is 16.1 Å². The second kappa shape index (κ2) is 5.67. The highest BCUT2D eigenvalue weighted by Crippen LogP contribution is 2.31. The monoisotopic (exact) mass is 298 g/mol. The van der Waals surface area contributed by atoms with Gasteiger partial charge in [-0.05, 0) is 6.92 Å². The van der Waals surface area contributed by atoms with Crippen molar-refractivity contribution in [2.24, 2.45) is 0 Å². The van der Waals surface area contributed by atoms with E-state index in [4.69, 9.17) is 0 Å². The first-order valence-corrected chi connectivity index (χ1v) is 4.93. The largest absolute Gasteiger partial charge is 0.574 e. The minimum absolute atomic E-state index is 0.160. The highest BCUT2D eigenvalue weighted by Gasteiger charge is 2.37. The Morgan fingerprint density at radius 3 is 2.55 bits per heavy atom. The minimum atomic E-state index is -5.30. The third-order valence-electron chi connectivity index (χ3n) is 1.83. The Hall–Kier alpha value is -2.46. The van der Waals surface area contributed by atoms with Crippen LogP contribution in [0.1, 0.15) is 17.3 Å². The molecule has 11 heteroatoms. The van der Waals surface area contributed by atoms with Crippen LogP contribution in [-0.4, -0.2) is 28.8 Å². The van der Waals surface area contributed by atoms with E-state index in [0.717, 1.165) is 0 Å². The van der Waals surface area contributed by atoms with E-state index < -0.39 is 40.3 Å². The average Bonchev–Trinajstić information content (AvgIpc) is 2.26. The number of ether oxygens (including phenoxy) is 2. The molecular weight excluding hydrogens is 292 g/mol. The van der Waals surface area contributed by atoms with E-state index in [-0.39, 0.29) is 12.7 Å². The first kappa shape index (κ1) is 15.6. The van der Waals surface area contributed by atoms with Crippen LogP contribution in [0.4, 0.5) is 23.2 Å². The number of pyridine rings is 1. The third-order valence-corrected chi connectivity index (χ3v) is 1.83. The van der Waals surface area contributed by atoms with Gasteiger partial charge in [0.05, 0.1) is 11.5 Å². The van der Waals surface area contributed by atoms with Gasteiger partial charge in [0, 0.05) is 6.07 Å². The van der Waals surface area contributed by atoms with Gasteiger partial charge in [0.25, 0.3) is 0 Å². The van der Waals surface area contributed by atoms with Crippen molar-refractivity contribution in [2.75, 3.05) is 6.61 Å². The van der Waals surface area contributed by atoms with Crippen LogP contribution in [0.2, 0.25) is 0 Å². The zero-order valence-corrected chi connectivity index (χ0v) is 9.73. The maximum absolute atomic E-state index is 13.4. The predicted octanol–water partition coefficient (Wildman–Crippen LogP) is 2.20. The lowest BCUT2D eigenvalue weighted by atomic mass is 10.2. The Bertz CT molecular complexity index is 546. The lowest BCUT2D eigenvalue weighted by Crippen LogP contribution is -2.20. The number of esters is 1. The molecule has 0 bridgehead atoms. The molecule has 1 aromatic heterocycles. The van der Waals surface area contributed by atoms with Gasteiger partial charge in [-0.3, -0.25) is 10.1 Å². The van der Waals surface area contributed by atoms with E-state index in [1.54, 1.807) is 0 Å². The summed E-state index contributed by atoms with van der Waals surface area (Å²) in [5, 5.41) is 10.6. The van der Waals surface area contributed by atoms with Crippen molar-refractivity contribution >= 4 is 11.7 Å². The fourth-order valence-corrected chi connectivity index (χ4v) is 1.13. The molecule has 0 spiro atoms. The quantitative estimate of drug-likeness (QED) is 0.278. The van der Waals surface area contributed by atoms with Crippen molar-refractivity contribution in [2.45, 2.75) is 13.3 Å². The fourth-order valence-electron chi connectivity index (χ4n) is 1.13. The van der Waals surface area contributed by atoms with E-state index >= 15 is 0 Å². The van der Waals surface area contributed by atoms with Gasteiger partial charge in [-0.2, -0.15) is 9.37 Å². The van der Waals surface area contributed by atoms with Crippen LogP contribution in [0.3, 0.4) is 0 Å². The van der Waals surface area contributed by atoms with Crippen molar-refractivity contribution in [3.05, 3.63) is 27.7 Å². The molecule has 0 radical (unpaired) electrons. The molecule has 0 saturated carbocycles. The number of hydrogen-bond donors (Lipinski definition) is 0. The molecule has 0 fully saturated rings. The number of carbonyl (C=O) groups is 1. The van der Waals surface area contributed by atoms with Gasteiger partial charge in [0.1, 0.15) is 5.56 Å². The normalized spacial score (nSPS) is 11.1. The molecule has 0 aromatic carbocycles. The second-order valence-electron chi connectivity index (χ2n) is 3.18. The molecule has 20 heavy (non-hydrogen) atoms. The van der Waals surface area contributed by atoms with Crippen LogP contribution in [0.5, 0.6) is 5.88 Å².